The lowest BCUT2D eigenvalue weighted by Crippen LogP contribution is -2.24. The molecular weight excluding hydrogens is 386 g/mol. The first-order valence-corrected chi connectivity index (χ1v) is 8.50. The third-order valence-corrected chi connectivity index (χ3v) is 4.17. The van der Waals surface area contributed by atoms with Crippen LogP contribution < -0.4 is 10.1 Å². The molecule has 1 amide bonds. The first kappa shape index (κ1) is 17.2. The predicted octanol–water partition coefficient (Wildman–Crippen LogP) is 2.65. The topological polar surface area (TPSA) is 74.0 Å². The number of aryl methyl sites for hydroxylation is 2. The fourth-order valence-corrected chi connectivity index (χ4v) is 2.47. The van der Waals surface area contributed by atoms with E-state index < -0.39 is 0 Å². The van der Waals surface area contributed by atoms with E-state index in [1.807, 2.05) is 44.3 Å². The minimum Gasteiger partial charge on any atom is -0.471 e. The standard InChI is InChI=1S/C17H18BrN5O2/c1-12-9-14(20-22(12)2)10-19-17(24)16-7-8-23(21-16)11-25-15-5-3-13(18)4-6-15/h3-9H,10-11H2,1-2H3,(H,19,24). The third-order valence-electron chi connectivity index (χ3n) is 3.64. The Labute approximate surface area is 153 Å². The monoisotopic (exact) mass is 403 g/mol. The quantitative estimate of drug-likeness (QED) is 0.686. The molecule has 0 unspecified atom stereocenters. The van der Waals surface area contributed by atoms with E-state index in [0.29, 0.717) is 12.2 Å². The van der Waals surface area contributed by atoms with E-state index in [4.69, 9.17) is 4.74 Å². The smallest absolute Gasteiger partial charge is 0.272 e. The summed E-state index contributed by atoms with van der Waals surface area (Å²) in [7, 11) is 1.87. The van der Waals surface area contributed by atoms with E-state index in [1.165, 1.54) is 0 Å². The van der Waals surface area contributed by atoms with Crippen molar-refractivity contribution in [3.8, 4) is 5.75 Å². The summed E-state index contributed by atoms with van der Waals surface area (Å²) in [6, 6.07) is 11.1. The molecule has 3 rings (SSSR count). The summed E-state index contributed by atoms with van der Waals surface area (Å²) in [5.41, 5.74) is 2.19. The van der Waals surface area contributed by atoms with Gasteiger partial charge in [-0.15, -0.1) is 0 Å². The number of aromatic nitrogens is 4. The van der Waals surface area contributed by atoms with Gasteiger partial charge in [-0.2, -0.15) is 10.2 Å². The normalized spacial score (nSPS) is 10.7. The molecule has 2 heterocycles. The van der Waals surface area contributed by atoms with E-state index in [1.54, 1.807) is 21.6 Å². The fourth-order valence-electron chi connectivity index (χ4n) is 2.21. The molecule has 2 aromatic heterocycles. The molecule has 0 saturated heterocycles. The Hall–Kier alpha value is -2.61. The Morgan fingerprint density at radius 1 is 1.24 bits per heavy atom. The molecule has 1 N–H and O–H groups in total. The molecular formula is C17H18BrN5O2. The number of nitrogens with one attached hydrogen (secondary N) is 1. The van der Waals surface area contributed by atoms with Crippen LogP contribution in [0.5, 0.6) is 5.75 Å². The molecule has 25 heavy (non-hydrogen) atoms. The number of ether oxygens (including phenoxy) is 1. The molecule has 130 valence electrons. The van der Waals surface area contributed by atoms with Gasteiger partial charge in [0.05, 0.1) is 12.2 Å². The zero-order valence-corrected chi connectivity index (χ0v) is 15.5. The second-order valence-corrected chi connectivity index (χ2v) is 6.47. The molecule has 0 spiro atoms. The SMILES string of the molecule is Cc1cc(CNC(=O)c2ccn(COc3ccc(Br)cc3)n2)nn1C. The highest BCUT2D eigenvalue weighted by Gasteiger charge is 2.10. The van der Waals surface area contributed by atoms with Gasteiger partial charge in [0.2, 0.25) is 0 Å². The first-order chi connectivity index (χ1) is 12.0. The minimum absolute atomic E-state index is 0.231. The zero-order valence-electron chi connectivity index (χ0n) is 13.9. The number of carbonyl (C=O) groups excluding carboxylic acids is 1. The highest BCUT2D eigenvalue weighted by atomic mass is 79.9. The number of halogens is 1. The number of carbonyl (C=O) groups is 1. The molecule has 0 fully saturated rings. The van der Waals surface area contributed by atoms with Gasteiger partial charge in [-0.1, -0.05) is 15.9 Å². The van der Waals surface area contributed by atoms with Crippen LogP contribution >= 0.6 is 15.9 Å². The molecule has 0 aliphatic carbocycles. The van der Waals surface area contributed by atoms with Crippen LogP contribution in [0.2, 0.25) is 0 Å². The summed E-state index contributed by atoms with van der Waals surface area (Å²) in [4.78, 5) is 12.2. The molecule has 1 aromatic carbocycles. The molecule has 0 atom stereocenters. The van der Waals surface area contributed by atoms with Gasteiger partial charge in [-0.05, 0) is 43.3 Å². The van der Waals surface area contributed by atoms with Crippen LogP contribution in [0.25, 0.3) is 0 Å². The molecule has 3 aromatic rings. The summed E-state index contributed by atoms with van der Waals surface area (Å²) in [5, 5.41) is 11.3. The summed E-state index contributed by atoms with van der Waals surface area (Å²) in [5.74, 6) is 0.487. The Kier molecular flexibility index (Phi) is 5.18. The van der Waals surface area contributed by atoms with Crippen LogP contribution in [0.1, 0.15) is 21.9 Å². The Bertz CT molecular complexity index is 850. The van der Waals surface area contributed by atoms with Crippen LogP contribution in [0.4, 0.5) is 0 Å². The van der Waals surface area contributed by atoms with Crippen LogP contribution in [0, 0.1) is 6.92 Å². The second-order valence-electron chi connectivity index (χ2n) is 5.55. The lowest BCUT2D eigenvalue weighted by molar-refractivity contribution is 0.0943. The number of hydrogen-bond acceptors (Lipinski definition) is 4. The number of benzene rings is 1. The van der Waals surface area contributed by atoms with Crippen molar-refractivity contribution in [2.45, 2.75) is 20.2 Å². The second kappa shape index (κ2) is 7.52. The Balaban J connectivity index is 1.53. The maximum atomic E-state index is 12.2. The number of amides is 1. The molecule has 0 saturated carbocycles. The average molecular weight is 404 g/mol. The van der Waals surface area contributed by atoms with Crippen LogP contribution in [-0.2, 0) is 20.3 Å². The van der Waals surface area contributed by atoms with Crippen molar-refractivity contribution in [3.63, 3.8) is 0 Å². The van der Waals surface area contributed by atoms with Gasteiger partial charge in [-0.25, -0.2) is 4.68 Å². The lowest BCUT2D eigenvalue weighted by atomic mass is 10.3. The van der Waals surface area contributed by atoms with E-state index in [-0.39, 0.29) is 12.6 Å². The first-order valence-electron chi connectivity index (χ1n) is 7.71. The van der Waals surface area contributed by atoms with Crippen LogP contribution in [0.3, 0.4) is 0 Å². The molecule has 8 heteroatoms. The summed E-state index contributed by atoms with van der Waals surface area (Å²) in [6.07, 6.45) is 1.71. The van der Waals surface area contributed by atoms with E-state index >= 15 is 0 Å². The van der Waals surface area contributed by atoms with Crippen molar-refractivity contribution < 1.29 is 9.53 Å². The number of hydrogen-bond donors (Lipinski definition) is 1. The maximum Gasteiger partial charge on any atom is 0.272 e. The minimum atomic E-state index is -0.245. The van der Waals surface area contributed by atoms with E-state index in [2.05, 4.69) is 31.4 Å². The van der Waals surface area contributed by atoms with Crippen molar-refractivity contribution in [1.82, 2.24) is 24.9 Å². The van der Waals surface area contributed by atoms with Crippen molar-refractivity contribution in [3.05, 3.63) is 64.1 Å². The van der Waals surface area contributed by atoms with Crippen molar-refractivity contribution in [2.24, 2.45) is 7.05 Å². The molecule has 0 aliphatic rings. The van der Waals surface area contributed by atoms with Gasteiger partial charge in [-0.3, -0.25) is 9.48 Å². The van der Waals surface area contributed by atoms with Gasteiger partial charge in [0, 0.05) is 23.4 Å². The third kappa shape index (κ3) is 4.48. The van der Waals surface area contributed by atoms with Crippen molar-refractivity contribution in [1.29, 1.82) is 0 Å². The van der Waals surface area contributed by atoms with E-state index in [0.717, 1.165) is 21.6 Å². The van der Waals surface area contributed by atoms with Gasteiger partial charge < -0.3 is 10.1 Å². The van der Waals surface area contributed by atoms with Crippen molar-refractivity contribution in [2.75, 3.05) is 0 Å². The number of rotatable bonds is 6. The lowest BCUT2D eigenvalue weighted by Gasteiger charge is -2.06. The van der Waals surface area contributed by atoms with Crippen molar-refractivity contribution >= 4 is 21.8 Å². The number of nitrogens with zero attached hydrogens (tertiary/aromatic N) is 4. The zero-order chi connectivity index (χ0) is 17.8. The summed E-state index contributed by atoms with van der Waals surface area (Å²) in [6.45, 7) is 2.56. The molecule has 0 bridgehead atoms. The van der Waals surface area contributed by atoms with Gasteiger partial charge >= 0.3 is 0 Å². The van der Waals surface area contributed by atoms with Gasteiger partial charge in [0.25, 0.3) is 5.91 Å². The Morgan fingerprint density at radius 2 is 2.00 bits per heavy atom. The van der Waals surface area contributed by atoms with Gasteiger partial charge in [0.1, 0.15) is 11.4 Å². The van der Waals surface area contributed by atoms with Gasteiger partial charge in [0.15, 0.2) is 6.73 Å². The summed E-state index contributed by atoms with van der Waals surface area (Å²) >= 11 is 3.37. The Morgan fingerprint density at radius 3 is 2.68 bits per heavy atom. The average Bonchev–Trinajstić information content (AvgIpc) is 3.19. The predicted molar refractivity (Wildman–Crippen MR) is 96.1 cm³/mol. The highest BCUT2D eigenvalue weighted by Crippen LogP contribution is 2.16. The van der Waals surface area contributed by atoms with Crippen LogP contribution in [-0.4, -0.2) is 25.5 Å². The van der Waals surface area contributed by atoms with Crippen LogP contribution in [0.15, 0.2) is 47.1 Å². The largest absolute Gasteiger partial charge is 0.471 e. The highest BCUT2D eigenvalue weighted by molar-refractivity contribution is 9.10. The fraction of sp³-hybridized carbons (Fsp3) is 0.235. The molecule has 0 radical (unpaired) electrons. The maximum absolute atomic E-state index is 12.2. The van der Waals surface area contributed by atoms with E-state index in [9.17, 15) is 4.79 Å². The summed E-state index contributed by atoms with van der Waals surface area (Å²) < 4.78 is 9.95. The molecule has 0 aliphatic heterocycles. The molecule has 7 nitrogen and oxygen atoms in total.